The highest BCUT2D eigenvalue weighted by atomic mass is 32.2. The zero-order chi connectivity index (χ0) is 12.5. The molecule has 0 aliphatic carbocycles. The number of hydrogen-bond acceptors (Lipinski definition) is 4. The van der Waals surface area contributed by atoms with Crippen molar-refractivity contribution in [2.45, 2.75) is 31.2 Å². The van der Waals surface area contributed by atoms with Gasteiger partial charge in [-0.05, 0) is 17.5 Å². The van der Waals surface area contributed by atoms with Crippen LogP contribution in [0.5, 0.6) is 0 Å². The lowest BCUT2D eigenvalue weighted by molar-refractivity contribution is 0.344. The minimum absolute atomic E-state index is 0.156. The van der Waals surface area contributed by atoms with Crippen LogP contribution in [-0.2, 0) is 0 Å². The van der Waals surface area contributed by atoms with Crippen molar-refractivity contribution in [3.8, 4) is 0 Å². The fourth-order valence-electron chi connectivity index (χ4n) is 1.32. The van der Waals surface area contributed by atoms with Crippen molar-refractivity contribution in [2.75, 3.05) is 5.75 Å². The Hall–Kier alpha value is -0.580. The van der Waals surface area contributed by atoms with Gasteiger partial charge in [-0.25, -0.2) is 4.98 Å². The van der Waals surface area contributed by atoms with E-state index in [1.54, 1.807) is 23.1 Å². The molecule has 1 aromatic carbocycles. The highest BCUT2D eigenvalue weighted by molar-refractivity contribution is 8.01. The summed E-state index contributed by atoms with van der Waals surface area (Å²) in [5, 5.41) is 0. The first-order chi connectivity index (χ1) is 7.97. The van der Waals surface area contributed by atoms with Crippen LogP contribution < -0.4 is 5.73 Å². The third kappa shape index (κ3) is 3.21. The van der Waals surface area contributed by atoms with Gasteiger partial charge in [-0.3, -0.25) is 0 Å². The van der Waals surface area contributed by atoms with Gasteiger partial charge in [0.1, 0.15) is 0 Å². The van der Waals surface area contributed by atoms with E-state index in [1.165, 1.54) is 4.70 Å². The van der Waals surface area contributed by atoms with Crippen molar-refractivity contribution >= 4 is 33.3 Å². The number of rotatable bonds is 3. The largest absolute Gasteiger partial charge is 0.326 e. The average molecular weight is 266 g/mol. The minimum atomic E-state index is 0.156. The molecule has 1 unspecified atom stereocenters. The van der Waals surface area contributed by atoms with Gasteiger partial charge in [0.25, 0.3) is 0 Å². The van der Waals surface area contributed by atoms with Gasteiger partial charge < -0.3 is 5.73 Å². The van der Waals surface area contributed by atoms with Crippen LogP contribution in [0.25, 0.3) is 10.2 Å². The van der Waals surface area contributed by atoms with Gasteiger partial charge in [0.05, 0.1) is 10.2 Å². The normalized spacial score (nSPS) is 14.1. The molecule has 0 fully saturated rings. The summed E-state index contributed by atoms with van der Waals surface area (Å²) in [6.07, 6.45) is 0. The van der Waals surface area contributed by atoms with E-state index in [9.17, 15) is 0 Å². The van der Waals surface area contributed by atoms with Crippen molar-refractivity contribution < 1.29 is 0 Å². The molecule has 0 aliphatic rings. The lowest BCUT2D eigenvalue weighted by Gasteiger charge is -2.26. The van der Waals surface area contributed by atoms with Crippen LogP contribution in [0.15, 0.2) is 28.6 Å². The van der Waals surface area contributed by atoms with Gasteiger partial charge >= 0.3 is 0 Å². The maximum atomic E-state index is 6.15. The van der Waals surface area contributed by atoms with Crippen LogP contribution in [-0.4, -0.2) is 16.8 Å². The molecule has 0 bridgehead atoms. The Morgan fingerprint density at radius 1 is 1.35 bits per heavy atom. The van der Waals surface area contributed by atoms with Gasteiger partial charge in [-0.15, -0.1) is 11.3 Å². The van der Waals surface area contributed by atoms with Crippen LogP contribution in [0, 0.1) is 5.41 Å². The number of benzene rings is 1. The SMILES string of the molecule is CC(C)(C)C(N)CSc1nc2ccccc2s1. The van der Waals surface area contributed by atoms with E-state index in [1.807, 2.05) is 6.07 Å². The molecule has 0 amide bonds. The number of nitrogens with zero attached hydrogens (tertiary/aromatic N) is 1. The highest BCUT2D eigenvalue weighted by Crippen LogP contribution is 2.31. The molecule has 2 rings (SSSR count). The van der Waals surface area contributed by atoms with Crippen LogP contribution >= 0.6 is 23.1 Å². The van der Waals surface area contributed by atoms with Gasteiger partial charge in [-0.2, -0.15) is 0 Å². The summed E-state index contributed by atoms with van der Waals surface area (Å²) in [5.41, 5.74) is 7.39. The van der Waals surface area contributed by atoms with E-state index in [-0.39, 0.29) is 11.5 Å². The molecule has 0 radical (unpaired) electrons. The van der Waals surface area contributed by atoms with Crippen LogP contribution in [0.4, 0.5) is 0 Å². The van der Waals surface area contributed by atoms with E-state index in [0.29, 0.717) is 0 Å². The minimum Gasteiger partial charge on any atom is -0.326 e. The van der Waals surface area contributed by atoms with E-state index < -0.39 is 0 Å². The Balaban J connectivity index is 2.04. The zero-order valence-electron chi connectivity index (χ0n) is 10.4. The number of thiazole rings is 1. The highest BCUT2D eigenvalue weighted by Gasteiger charge is 2.21. The van der Waals surface area contributed by atoms with E-state index >= 15 is 0 Å². The number of para-hydroxylation sites is 1. The number of nitrogens with two attached hydrogens (primary N) is 1. The molecule has 0 aliphatic heterocycles. The first-order valence-electron chi connectivity index (χ1n) is 5.71. The third-order valence-electron chi connectivity index (χ3n) is 2.77. The fraction of sp³-hybridized carbons (Fsp3) is 0.462. The molecular formula is C13H18N2S2. The maximum absolute atomic E-state index is 6.15. The summed E-state index contributed by atoms with van der Waals surface area (Å²) in [7, 11) is 0. The number of thioether (sulfide) groups is 1. The van der Waals surface area contributed by atoms with E-state index in [4.69, 9.17) is 5.73 Å². The Labute approximate surface area is 111 Å². The molecule has 2 aromatic rings. The standard InChI is InChI=1S/C13H18N2S2/c1-13(2,3)11(14)8-16-12-15-9-6-4-5-7-10(9)17-12/h4-7,11H,8,14H2,1-3H3. The van der Waals surface area contributed by atoms with Gasteiger partial charge in [0.15, 0.2) is 4.34 Å². The first kappa shape index (κ1) is 12.9. The molecule has 4 heteroatoms. The number of fused-ring (bicyclic) bond motifs is 1. The first-order valence-corrected chi connectivity index (χ1v) is 7.51. The molecule has 0 spiro atoms. The van der Waals surface area contributed by atoms with Crippen molar-refractivity contribution in [1.82, 2.24) is 4.98 Å². The molecule has 0 saturated carbocycles. The smallest absolute Gasteiger partial charge is 0.151 e. The Bertz CT molecular complexity index is 466. The van der Waals surface area contributed by atoms with Gasteiger partial charge in [-0.1, -0.05) is 44.7 Å². The second-order valence-corrected chi connectivity index (χ2v) is 7.53. The van der Waals surface area contributed by atoms with Crippen LogP contribution in [0.3, 0.4) is 0 Å². The van der Waals surface area contributed by atoms with Crippen molar-refractivity contribution in [3.63, 3.8) is 0 Å². The zero-order valence-corrected chi connectivity index (χ0v) is 12.1. The predicted octanol–water partition coefficient (Wildman–Crippen LogP) is 3.76. The molecule has 1 aromatic heterocycles. The van der Waals surface area contributed by atoms with Crippen molar-refractivity contribution in [2.24, 2.45) is 11.1 Å². The molecule has 92 valence electrons. The summed E-state index contributed by atoms with van der Waals surface area (Å²) >= 11 is 3.51. The molecule has 2 N–H and O–H groups in total. The van der Waals surface area contributed by atoms with Crippen molar-refractivity contribution in [3.05, 3.63) is 24.3 Å². The quantitative estimate of drug-likeness (QED) is 0.860. The van der Waals surface area contributed by atoms with Crippen LogP contribution in [0.2, 0.25) is 0 Å². The summed E-state index contributed by atoms with van der Waals surface area (Å²) in [6.45, 7) is 6.53. The number of hydrogen-bond donors (Lipinski definition) is 1. The summed E-state index contributed by atoms with van der Waals surface area (Å²) in [4.78, 5) is 4.59. The maximum Gasteiger partial charge on any atom is 0.151 e. The Kier molecular flexibility index (Phi) is 3.76. The molecule has 1 atom stereocenters. The molecule has 0 saturated heterocycles. The van der Waals surface area contributed by atoms with E-state index in [0.717, 1.165) is 15.6 Å². The molecule has 1 heterocycles. The van der Waals surface area contributed by atoms with E-state index in [2.05, 4.69) is 44.0 Å². The monoisotopic (exact) mass is 266 g/mol. The predicted molar refractivity (Wildman–Crippen MR) is 77.8 cm³/mol. The second-order valence-electron chi connectivity index (χ2n) is 5.23. The van der Waals surface area contributed by atoms with Gasteiger partial charge in [0, 0.05) is 11.8 Å². The molecule has 17 heavy (non-hydrogen) atoms. The van der Waals surface area contributed by atoms with Crippen LogP contribution in [0.1, 0.15) is 20.8 Å². The Morgan fingerprint density at radius 3 is 2.71 bits per heavy atom. The summed E-state index contributed by atoms with van der Waals surface area (Å²) in [6, 6.07) is 8.44. The van der Waals surface area contributed by atoms with Crippen molar-refractivity contribution in [1.29, 1.82) is 0 Å². The summed E-state index contributed by atoms with van der Waals surface area (Å²) < 4.78 is 2.37. The lowest BCUT2D eigenvalue weighted by Crippen LogP contribution is -2.37. The Morgan fingerprint density at radius 2 is 2.06 bits per heavy atom. The summed E-state index contributed by atoms with van der Waals surface area (Å²) in [5.74, 6) is 0.920. The second kappa shape index (κ2) is 4.96. The average Bonchev–Trinajstić information content (AvgIpc) is 2.66. The number of aromatic nitrogens is 1. The molecule has 2 nitrogen and oxygen atoms in total. The topological polar surface area (TPSA) is 38.9 Å². The molecular weight excluding hydrogens is 248 g/mol. The fourth-order valence-corrected chi connectivity index (χ4v) is 3.72. The van der Waals surface area contributed by atoms with Gasteiger partial charge in [0.2, 0.25) is 0 Å². The third-order valence-corrected chi connectivity index (χ3v) is 5.07. The lowest BCUT2D eigenvalue weighted by atomic mass is 9.89.